The molecule has 1 aromatic heterocycles. The van der Waals surface area contributed by atoms with Crippen molar-refractivity contribution in [3.05, 3.63) is 34.1 Å². The van der Waals surface area contributed by atoms with Crippen molar-refractivity contribution in [3.63, 3.8) is 0 Å². The number of thioether (sulfide) groups is 1. The van der Waals surface area contributed by atoms with Crippen LogP contribution in [-0.2, 0) is 9.53 Å². The van der Waals surface area contributed by atoms with Gasteiger partial charge in [0.2, 0.25) is 0 Å². The van der Waals surface area contributed by atoms with E-state index in [4.69, 9.17) is 14.2 Å². The Morgan fingerprint density at radius 2 is 2.12 bits per heavy atom. The van der Waals surface area contributed by atoms with Crippen LogP contribution in [0.3, 0.4) is 0 Å². The fourth-order valence-corrected chi connectivity index (χ4v) is 2.51. The standard InChI is InChI=1S/C17H17N3O5S/c1-10(21)24-6-7-25-13-5-4-11(8-14(13)23-2)15-12(9-18)16(22)20-17(19-15)26-3/h4-5,8H,6-7H2,1-3H3,(H,19,20,22). The Morgan fingerprint density at radius 3 is 2.73 bits per heavy atom. The summed E-state index contributed by atoms with van der Waals surface area (Å²) < 4.78 is 15.7. The summed E-state index contributed by atoms with van der Waals surface area (Å²) in [6.07, 6.45) is 1.77. The molecule has 9 heteroatoms. The van der Waals surface area contributed by atoms with Crippen LogP contribution in [0.25, 0.3) is 11.3 Å². The minimum atomic E-state index is -0.498. The number of hydrogen-bond acceptors (Lipinski definition) is 8. The van der Waals surface area contributed by atoms with E-state index in [-0.39, 0.29) is 30.4 Å². The molecule has 26 heavy (non-hydrogen) atoms. The van der Waals surface area contributed by atoms with Crippen molar-refractivity contribution in [2.75, 3.05) is 26.6 Å². The smallest absolute Gasteiger partial charge is 0.302 e. The van der Waals surface area contributed by atoms with Crippen molar-refractivity contribution in [2.24, 2.45) is 0 Å². The summed E-state index contributed by atoms with van der Waals surface area (Å²) >= 11 is 1.27. The summed E-state index contributed by atoms with van der Waals surface area (Å²) in [7, 11) is 1.47. The largest absolute Gasteiger partial charge is 0.493 e. The Kier molecular flexibility index (Phi) is 6.63. The molecule has 0 amide bonds. The summed E-state index contributed by atoms with van der Waals surface area (Å²) in [5.74, 6) is 0.462. The number of ether oxygens (including phenoxy) is 3. The van der Waals surface area contributed by atoms with E-state index in [1.165, 1.54) is 25.8 Å². The monoisotopic (exact) mass is 375 g/mol. The lowest BCUT2D eigenvalue weighted by Gasteiger charge is -2.12. The zero-order chi connectivity index (χ0) is 19.1. The van der Waals surface area contributed by atoms with Crippen LogP contribution in [0.15, 0.2) is 28.2 Å². The van der Waals surface area contributed by atoms with Gasteiger partial charge in [-0.3, -0.25) is 9.59 Å². The van der Waals surface area contributed by atoms with Crippen molar-refractivity contribution in [1.29, 1.82) is 5.26 Å². The fraction of sp³-hybridized carbons (Fsp3) is 0.294. The normalized spacial score (nSPS) is 10.1. The van der Waals surface area contributed by atoms with E-state index < -0.39 is 5.56 Å². The molecule has 2 rings (SSSR count). The number of benzene rings is 1. The highest BCUT2D eigenvalue weighted by Crippen LogP contribution is 2.32. The van der Waals surface area contributed by atoms with E-state index in [1.807, 2.05) is 6.07 Å². The van der Waals surface area contributed by atoms with Gasteiger partial charge in [0, 0.05) is 12.5 Å². The van der Waals surface area contributed by atoms with Crippen LogP contribution >= 0.6 is 11.8 Å². The lowest BCUT2D eigenvalue weighted by atomic mass is 10.1. The molecule has 0 aliphatic rings. The summed E-state index contributed by atoms with van der Waals surface area (Å²) in [5, 5.41) is 9.69. The molecule has 2 aromatic rings. The average Bonchev–Trinajstić information content (AvgIpc) is 2.64. The SMILES string of the molecule is COc1cc(-c2nc(SC)[nH]c(=O)c2C#N)ccc1OCCOC(C)=O. The average molecular weight is 375 g/mol. The Labute approximate surface area is 154 Å². The van der Waals surface area contributed by atoms with Gasteiger partial charge in [-0.1, -0.05) is 11.8 Å². The number of nitrogens with zero attached hydrogens (tertiary/aromatic N) is 2. The molecule has 8 nitrogen and oxygen atoms in total. The van der Waals surface area contributed by atoms with Gasteiger partial charge in [-0.05, 0) is 24.5 Å². The molecule has 0 spiro atoms. The number of nitriles is 1. The fourth-order valence-electron chi connectivity index (χ4n) is 2.13. The first-order valence-electron chi connectivity index (χ1n) is 7.53. The van der Waals surface area contributed by atoms with Crippen molar-refractivity contribution in [2.45, 2.75) is 12.1 Å². The first kappa shape index (κ1) is 19.3. The van der Waals surface area contributed by atoms with E-state index in [2.05, 4.69) is 9.97 Å². The summed E-state index contributed by atoms with van der Waals surface area (Å²) in [5.41, 5.74) is 0.244. The number of methoxy groups -OCH3 is 1. The number of carbonyl (C=O) groups excluding carboxylic acids is 1. The molecule has 136 valence electrons. The van der Waals surface area contributed by atoms with Crippen LogP contribution in [0.1, 0.15) is 12.5 Å². The molecule has 0 unspecified atom stereocenters. The summed E-state index contributed by atoms with van der Waals surface area (Å²) in [4.78, 5) is 29.7. The van der Waals surface area contributed by atoms with Crippen molar-refractivity contribution < 1.29 is 19.0 Å². The highest BCUT2D eigenvalue weighted by molar-refractivity contribution is 7.98. The number of rotatable bonds is 7. The van der Waals surface area contributed by atoms with Gasteiger partial charge < -0.3 is 19.2 Å². The van der Waals surface area contributed by atoms with E-state index in [0.717, 1.165) is 0 Å². The first-order valence-corrected chi connectivity index (χ1v) is 8.75. The molecule has 0 radical (unpaired) electrons. The van der Waals surface area contributed by atoms with Gasteiger partial charge in [-0.25, -0.2) is 4.98 Å². The van der Waals surface area contributed by atoms with E-state index >= 15 is 0 Å². The molecule has 0 saturated heterocycles. The van der Waals surface area contributed by atoms with Gasteiger partial charge in [0.1, 0.15) is 24.8 Å². The maximum Gasteiger partial charge on any atom is 0.302 e. The van der Waals surface area contributed by atoms with Gasteiger partial charge in [0.15, 0.2) is 16.7 Å². The molecular weight excluding hydrogens is 358 g/mol. The second-order valence-corrected chi connectivity index (χ2v) is 5.76. The summed E-state index contributed by atoms with van der Waals surface area (Å²) in [6.45, 7) is 1.60. The Hall–Kier alpha value is -2.99. The van der Waals surface area contributed by atoms with Gasteiger partial charge >= 0.3 is 5.97 Å². The maximum atomic E-state index is 12.0. The maximum absolute atomic E-state index is 12.0. The van der Waals surface area contributed by atoms with Gasteiger partial charge in [0.05, 0.1) is 12.8 Å². The van der Waals surface area contributed by atoms with Crippen LogP contribution in [0.4, 0.5) is 0 Å². The molecule has 0 atom stereocenters. The molecular formula is C17H17N3O5S. The van der Waals surface area contributed by atoms with Gasteiger partial charge in [0.25, 0.3) is 5.56 Å². The quantitative estimate of drug-likeness (QED) is 0.338. The second kappa shape index (κ2) is 8.92. The van der Waals surface area contributed by atoms with Gasteiger partial charge in [-0.15, -0.1) is 0 Å². The predicted octanol–water partition coefficient (Wildman–Crippen LogP) is 1.98. The molecule has 1 N–H and O–H groups in total. The van der Waals surface area contributed by atoms with Crippen LogP contribution in [0, 0.1) is 11.3 Å². The van der Waals surface area contributed by atoms with Crippen molar-refractivity contribution in [1.82, 2.24) is 9.97 Å². The van der Waals surface area contributed by atoms with Gasteiger partial charge in [-0.2, -0.15) is 5.26 Å². The molecule has 0 aliphatic heterocycles. The van der Waals surface area contributed by atoms with Crippen molar-refractivity contribution in [3.8, 4) is 28.8 Å². The number of hydrogen-bond donors (Lipinski definition) is 1. The van der Waals surface area contributed by atoms with E-state index in [1.54, 1.807) is 24.5 Å². The minimum Gasteiger partial charge on any atom is -0.493 e. The van der Waals surface area contributed by atoms with E-state index in [9.17, 15) is 14.9 Å². The Morgan fingerprint density at radius 1 is 1.35 bits per heavy atom. The Bertz CT molecular complexity index is 904. The molecule has 1 heterocycles. The lowest BCUT2D eigenvalue weighted by Crippen LogP contribution is -2.14. The number of H-pyrrole nitrogens is 1. The third-order valence-corrected chi connectivity index (χ3v) is 3.87. The van der Waals surface area contributed by atoms with Crippen molar-refractivity contribution >= 4 is 17.7 Å². The number of aromatic nitrogens is 2. The lowest BCUT2D eigenvalue weighted by molar-refractivity contribution is -0.141. The van der Waals surface area contributed by atoms with Crippen LogP contribution < -0.4 is 15.0 Å². The molecule has 0 bridgehead atoms. The first-order chi connectivity index (χ1) is 12.5. The third kappa shape index (κ3) is 4.55. The number of carbonyl (C=O) groups is 1. The number of aromatic amines is 1. The predicted molar refractivity (Wildman–Crippen MR) is 95.5 cm³/mol. The number of esters is 1. The third-order valence-electron chi connectivity index (χ3n) is 3.29. The highest BCUT2D eigenvalue weighted by atomic mass is 32.2. The topological polar surface area (TPSA) is 114 Å². The second-order valence-electron chi connectivity index (χ2n) is 4.96. The van der Waals surface area contributed by atoms with Crippen LogP contribution in [0.5, 0.6) is 11.5 Å². The zero-order valence-electron chi connectivity index (χ0n) is 14.5. The number of nitrogens with one attached hydrogen (secondary N) is 1. The summed E-state index contributed by atoms with van der Waals surface area (Å²) in [6, 6.07) is 6.84. The van der Waals surface area contributed by atoms with Crippen LogP contribution in [0.2, 0.25) is 0 Å². The van der Waals surface area contributed by atoms with Crippen LogP contribution in [-0.4, -0.2) is 42.5 Å². The van der Waals surface area contributed by atoms with E-state index in [0.29, 0.717) is 22.2 Å². The highest BCUT2D eigenvalue weighted by Gasteiger charge is 2.15. The zero-order valence-corrected chi connectivity index (χ0v) is 15.3. The minimum absolute atomic E-state index is 0.0756. The molecule has 0 saturated carbocycles. The molecule has 1 aromatic carbocycles. The Balaban J connectivity index is 2.35. The molecule has 0 fully saturated rings. The molecule has 0 aliphatic carbocycles.